The summed E-state index contributed by atoms with van der Waals surface area (Å²) in [6.45, 7) is 0.425. The fourth-order valence-corrected chi connectivity index (χ4v) is 3.06. The Balaban J connectivity index is 2.12. The van der Waals surface area contributed by atoms with Crippen molar-refractivity contribution in [2.75, 3.05) is 11.0 Å². The van der Waals surface area contributed by atoms with Gasteiger partial charge in [0, 0.05) is 10.4 Å². The van der Waals surface area contributed by atoms with E-state index >= 15 is 0 Å². The smallest absolute Gasteiger partial charge is 0.251 e. The first-order valence-electron chi connectivity index (χ1n) is 5.93. The van der Waals surface area contributed by atoms with Gasteiger partial charge in [0.25, 0.3) is 5.91 Å². The van der Waals surface area contributed by atoms with Crippen molar-refractivity contribution < 1.29 is 13.2 Å². The second kappa shape index (κ2) is 6.46. The van der Waals surface area contributed by atoms with Crippen molar-refractivity contribution in [3.8, 4) is 0 Å². The van der Waals surface area contributed by atoms with E-state index in [2.05, 4.69) is 10.0 Å². The Hall–Kier alpha value is -1.57. The summed E-state index contributed by atoms with van der Waals surface area (Å²) >= 11 is 7.45. The first-order valence-corrected chi connectivity index (χ1v) is 9.08. The van der Waals surface area contributed by atoms with Crippen LogP contribution in [-0.2, 0) is 16.6 Å². The summed E-state index contributed by atoms with van der Waals surface area (Å²) < 4.78 is 24.8. The average Bonchev–Trinajstić information content (AvgIpc) is 2.90. The molecular formula is C13H13ClN2O3S2. The van der Waals surface area contributed by atoms with Crippen molar-refractivity contribution in [3.63, 3.8) is 0 Å². The second-order valence-electron chi connectivity index (χ2n) is 4.33. The lowest BCUT2D eigenvalue weighted by Gasteiger charge is -2.09. The van der Waals surface area contributed by atoms with Crippen LogP contribution in [0.3, 0.4) is 0 Å². The normalized spacial score (nSPS) is 11.1. The van der Waals surface area contributed by atoms with Gasteiger partial charge in [-0.3, -0.25) is 9.52 Å². The van der Waals surface area contributed by atoms with Crippen molar-refractivity contribution >= 4 is 44.6 Å². The number of amides is 1. The average molecular weight is 345 g/mol. The largest absolute Gasteiger partial charge is 0.347 e. The molecule has 0 spiro atoms. The van der Waals surface area contributed by atoms with Crippen molar-refractivity contribution in [1.82, 2.24) is 5.32 Å². The molecule has 1 aromatic heterocycles. The van der Waals surface area contributed by atoms with Crippen molar-refractivity contribution in [1.29, 1.82) is 0 Å². The summed E-state index contributed by atoms with van der Waals surface area (Å²) in [5.41, 5.74) is 0.519. The van der Waals surface area contributed by atoms with Gasteiger partial charge in [0.05, 0.1) is 23.5 Å². The molecule has 1 heterocycles. The fraction of sp³-hybridized carbons (Fsp3) is 0.154. The zero-order chi connectivity index (χ0) is 15.5. The van der Waals surface area contributed by atoms with E-state index in [4.69, 9.17) is 11.6 Å². The van der Waals surface area contributed by atoms with E-state index in [1.165, 1.54) is 12.1 Å². The number of carbonyl (C=O) groups excluding carboxylic acids is 1. The van der Waals surface area contributed by atoms with Crippen LogP contribution < -0.4 is 10.0 Å². The standard InChI is InChI=1S/C13H13ClN2O3S2/c1-21(18,19)16-12-7-9(4-5-11(12)14)13(17)15-8-10-3-2-6-20-10/h2-7,16H,8H2,1H3,(H,15,17). The van der Waals surface area contributed by atoms with Crippen LogP contribution >= 0.6 is 22.9 Å². The predicted molar refractivity (Wildman–Crippen MR) is 85.4 cm³/mol. The lowest BCUT2D eigenvalue weighted by Crippen LogP contribution is -2.22. The van der Waals surface area contributed by atoms with Gasteiger partial charge in [-0.2, -0.15) is 0 Å². The van der Waals surface area contributed by atoms with Gasteiger partial charge in [0.2, 0.25) is 10.0 Å². The monoisotopic (exact) mass is 344 g/mol. The lowest BCUT2D eigenvalue weighted by atomic mass is 10.2. The maximum atomic E-state index is 12.0. The van der Waals surface area contributed by atoms with Crippen LogP contribution in [0.5, 0.6) is 0 Å². The van der Waals surface area contributed by atoms with Crippen LogP contribution in [0.25, 0.3) is 0 Å². The molecule has 0 saturated carbocycles. The summed E-state index contributed by atoms with van der Waals surface area (Å²) in [4.78, 5) is 13.1. The topological polar surface area (TPSA) is 75.3 Å². The van der Waals surface area contributed by atoms with Crippen LogP contribution in [0.4, 0.5) is 5.69 Å². The molecule has 0 aliphatic carbocycles. The number of rotatable bonds is 5. The molecule has 112 valence electrons. The molecule has 0 bridgehead atoms. The first kappa shape index (κ1) is 15.8. The number of hydrogen-bond acceptors (Lipinski definition) is 4. The van der Waals surface area contributed by atoms with Crippen molar-refractivity contribution in [3.05, 3.63) is 51.2 Å². The van der Waals surface area contributed by atoms with Gasteiger partial charge < -0.3 is 5.32 Å². The highest BCUT2D eigenvalue weighted by Crippen LogP contribution is 2.24. The molecule has 0 aliphatic rings. The Morgan fingerprint density at radius 3 is 2.71 bits per heavy atom. The molecule has 5 nitrogen and oxygen atoms in total. The van der Waals surface area contributed by atoms with E-state index in [-0.39, 0.29) is 16.6 Å². The zero-order valence-electron chi connectivity index (χ0n) is 11.1. The summed E-state index contributed by atoms with van der Waals surface area (Å²) in [5, 5.41) is 4.92. The number of sulfonamides is 1. The molecule has 1 amide bonds. The minimum atomic E-state index is -3.45. The summed E-state index contributed by atoms with van der Waals surface area (Å²) in [6, 6.07) is 8.26. The van der Waals surface area contributed by atoms with Crippen molar-refractivity contribution in [2.45, 2.75) is 6.54 Å². The highest BCUT2D eigenvalue weighted by Gasteiger charge is 2.11. The fourth-order valence-electron chi connectivity index (χ4n) is 1.63. The third-order valence-electron chi connectivity index (χ3n) is 2.53. The minimum absolute atomic E-state index is 0.183. The van der Waals surface area contributed by atoms with Crippen LogP contribution in [-0.4, -0.2) is 20.6 Å². The molecule has 1 aromatic carbocycles. The number of halogens is 1. The van der Waals surface area contributed by atoms with E-state index in [9.17, 15) is 13.2 Å². The lowest BCUT2D eigenvalue weighted by molar-refractivity contribution is 0.0951. The number of nitrogens with one attached hydrogen (secondary N) is 2. The quantitative estimate of drug-likeness (QED) is 0.875. The zero-order valence-corrected chi connectivity index (χ0v) is 13.5. The van der Waals surface area contributed by atoms with Crippen LogP contribution in [0.1, 0.15) is 15.2 Å². The Morgan fingerprint density at radius 2 is 2.10 bits per heavy atom. The highest BCUT2D eigenvalue weighted by atomic mass is 35.5. The molecule has 2 N–H and O–H groups in total. The third kappa shape index (κ3) is 4.73. The molecule has 21 heavy (non-hydrogen) atoms. The van der Waals surface area contributed by atoms with Crippen molar-refractivity contribution in [2.24, 2.45) is 0 Å². The van der Waals surface area contributed by atoms with E-state index in [0.29, 0.717) is 12.1 Å². The number of carbonyl (C=O) groups is 1. The van der Waals surface area contributed by atoms with Crippen LogP contribution in [0.2, 0.25) is 5.02 Å². The van der Waals surface area contributed by atoms with Crippen LogP contribution in [0.15, 0.2) is 35.7 Å². The Labute approximate surface area is 132 Å². The summed E-state index contributed by atoms with van der Waals surface area (Å²) in [7, 11) is -3.45. The third-order valence-corrected chi connectivity index (χ3v) is 4.32. The van der Waals surface area contributed by atoms with Gasteiger partial charge in [0.1, 0.15) is 0 Å². The number of benzene rings is 1. The van der Waals surface area contributed by atoms with E-state index in [1.54, 1.807) is 17.4 Å². The molecule has 0 aliphatic heterocycles. The van der Waals surface area contributed by atoms with E-state index < -0.39 is 10.0 Å². The highest BCUT2D eigenvalue weighted by molar-refractivity contribution is 7.92. The van der Waals surface area contributed by atoms with Crippen LogP contribution in [0, 0.1) is 0 Å². The predicted octanol–water partition coefficient (Wildman–Crippen LogP) is 2.70. The summed E-state index contributed by atoms with van der Waals surface area (Å²) in [5.74, 6) is -0.295. The number of anilines is 1. The second-order valence-corrected chi connectivity index (χ2v) is 7.52. The maximum Gasteiger partial charge on any atom is 0.251 e. The van der Waals surface area contributed by atoms with Gasteiger partial charge in [-0.1, -0.05) is 17.7 Å². The molecule has 0 unspecified atom stereocenters. The van der Waals surface area contributed by atoms with Gasteiger partial charge >= 0.3 is 0 Å². The first-order chi connectivity index (χ1) is 9.85. The minimum Gasteiger partial charge on any atom is -0.347 e. The molecule has 0 radical (unpaired) electrons. The molecule has 2 aromatic rings. The molecule has 2 rings (SSSR count). The molecule has 8 heteroatoms. The van der Waals surface area contributed by atoms with E-state index in [0.717, 1.165) is 11.1 Å². The van der Waals surface area contributed by atoms with Gasteiger partial charge in [0.15, 0.2) is 0 Å². The van der Waals surface area contributed by atoms with Gasteiger partial charge in [-0.25, -0.2) is 8.42 Å². The number of thiophene rings is 1. The Kier molecular flexibility index (Phi) is 4.87. The van der Waals surface area contributed by atoms with Gasteiger partial charge in [-0.15, -0.1) is 11.3 Å². The maximum absolute atomic E-state index is 12.0. The van der Waals surface area contributed by atoms with E-state index in [1.807, 2.05) is 17.5 Å². The Bertz CT molecular complexity index is 743. The number of hydrogen-bond donors (Lipinski definition) is 2. The molecular weight excluding hydrogens is 332 g/mol. The SMILES string of the molecule is CS(=O)(=O)Nc1cc(C(=O)NCc2cccs2)ccc1Cl. The summed E-state index contributed by atoms with van der Waals surface area (Å²) in [6.07, 6.45) is 1.02. The Morgan fingerprint density at radius 1 is 1.33 bits per heavy atom. The van der Waals surface area contributed by atoms with Gasteiger partial charge in [-0.05, 0) is 29.6 Å². The molecule has 0 atom stereocenters. The molecule has 0 saturated heterocycles. The molecule has 0 fully saturated rings.